The summed E-state index contributed by atoms with van der Waals surface area (Å²) < 4.78 is 5.67. The Balaban J connectivity index is 2.14. The van der Waals surface area contributed by atoms with Crippen molar-refractivity contribution in [1.82, 2.24) is 0 Å². The van der Waals surface area contributed by atoms with Crippen LogP contribution in [0, 0.1) is 13.8 Å². The molecular formula is C17H19NO2. The lowest BCUT2D eigenvalue weighted by Gasteiger charge is -2.15. The van der Waals surface area contributed by atoms with Crippen LogP contribution in [0.3, 0.4) is 0 Å². The fourth-order valence-corrected chi connectivity index (χ4v) is 2.11. The Bertz CT molecular complexity index is 617. The zero-order chi connectivity index (χ0) is 14.7. The molecule has 0 aliphatic rings. The first kappa shape index (κ1) is 14.1. The molecule has 0 aliphatic heterocycles. The maximum absolute atomic E-state index is 12.4. The topological polar surface area (TPSA) is 52.3 Å². The fraction of sp³-hybridized carbons (Fsp3) is 0.235. The molecule has 0 radical (unpaired) electrons. The summed E-state index contributed by atoms with van der Waals surface area (Å²) in [5.41, 5.74) is 9.12. The normalized spacial score (nSPS) is 11.9. The van der Waals surface area contributed by atoms with Crippen LogP contribution < -0.4 is 10.5 Å². The number of carbonyl (C=O) groups excluding carboxylic acids is 1. The molecule has 3 heteroatoms. The average molecular weight is 269 g/mol. The van der Waals surface area contributed by atoms with E-state index in [0.717, 1.165) is 11.1 Å². The summed E-state index contributed by atoms with van der Waals surface area (Å²) in [4.78, 5) is 12.4. The first-order valence-corrected chi connectivity index (χ1v) is 6.61. The number of rotatable bonds is 4. The highest BCUT2D eigenvalue weighted by atomic mass is 16.5. The van der Waals surface area contributed by atoms with E-state index in [-0.39, 0.29) is 5.78 Å². The highest BCUT2D eigenvalue weighted by Crippen LogP contribution is 2.18. The average Bonchev–Trinajstić information content (AvgIpc) is 2.40. The molecule has 0 aliphatic carbocycles. The Morgan fingerprint density at radius 2 is 1.75 bits per heavy atom. The fourth-order valence-electron chi connectivity index (χ4n) is 2.11. The summed E-state index contributed by atoms with van der Waals surface area (Å²) in [6, 6.07) is 12.8. The summed E-state index contributed by atoms with van der Waals surface area (Å²) in [5, 5.41) is 0. The largest absolute Gasteiger partial charge is 0.483 e. The lowest BCUT2D eigenvalue weighted by Crippen LogP contribution is -2.24. The Labute approximate surface area is 119 Å². The summed E-state index contributed by atoms with van der Waals surface area (Å²) in [7, 11) is 0. The Kier molecular flexibility index (Phi) is 4.08. The minimum Gasteiger partial charge on any atom is -0.483 e. The van der Waals surface area contributed by atoms with Crippen LogP contribution in [0.1, 0.15) is 28.4 Å². The van der Waals surface area contributed by atoms with Gasteiger partial charge < -0.3 is 10.5 Å². The van der Waals surface area contributed by atoms with Crippen molar-refractivity contribution < 1.29 is 9.53 Å². The molecular weight excluding hydrogens is 250 g/mol. The van der Waals surface area contributed by atoms with E-state index in [0.29, 0.717) is 17.0 Å². The number of carbonyl (C=O) groups is 1. The number of anilines is 1. The van der Waals surface area contributed by atoms with E-state index in [1.54, 1.807) is 31.2 Å². The van der Waals surface area contributed by atoms with Gasteiger partial charge in [0.15, 0.2) is 6.10 Å². The SMILES string of the molecule is Cc1ccc(C(=O)C(C)Oc2ccc(N)cc2)c(C)c1. The molecule has 0 heterocycles. The van der Waals surface area contributed by atoms with Gasteiger partial charge in [0.25, 0.3) is 0 Å². The molecule has 2 N–H and O–H groups in total. The molecule has 0 spiro atoms. The third kappa shape index (κ3) is 3.18. The van der Waals surface area contributed by atoms with Crippen molar-refractivity contribution in [3.63, 3.8) is 0 Å². The summed E-state index contributed by atoms with van der Waals surface area (Å²) in [6.07, 6.45) is -0.528. The van der Waals surface area contributed by atoms with Gasteiger partial charge in [-0.15, -0.1) is 0 Å². The second-order valence-corrected chi connectivity index (χ2v) is 5.01. The van der Waals surface area contributed by atoms with Crippen LogP contribution in [0.25, 0.3) is 0 Å². The smallest absolute Gasteiger partial charge is 0.203 e. The van der Waals surface area contributed by atoms with Crippen LogP contribution >= 0.6 is 0 Å². The molecule has 0 aromatic heterocycles. The van der Waals surface area contributed by atoms with E-state index in [1.165, 1.54) is 0 Å². The van der Waals surface area contributed by atoms with Crippen molar-refractivity contribution in [1.29, 1.82) is 0 Å². The minimum atomic E-state index is -0.528. The Hall–Kier alpha value is -2.29. The zero-order valence-electron chi connectivity index (χ0n) is 12.0. The number of hydrogen-bond acceptors (Lipinski definition) is 3. The summed E-state index contributed by atoms with van der Waals surface area (Å²) in [6.45, 7) is 5.71. The molecule has 20 heavy (non-hydrogen) atoms. The second kappa shape index (κ2) is 5.78. The molecule has 1 unspecified atom stereocenters. The minimum absolute atomic E-state index is 0.0145. The van der Waals surface area contributed by atoms with Crippen molar-refractivity contribution >= 4 is 11.5 Å². The van der Waals surface area contributed by atoms with Crippen molar-refractivity contribution in [2.45, 2.75) is 26.9 Å². The highest BCUT2D eigenvalue weighted by Gasteiger charge is 2.18. The number of ether oxygens (including phenoxy) is 1. The van der Waals surface area contributed by atoms with Gasteiger partial charge in [0.2, 0.25) is 5.78 Å². The summed E-state index contributed by atoms with van der Waals surface area (Å²) in [5.74, 6) is 0.629. The molecule has 104 valence electrons. The molecule has 2 aromatic carbocycles. The standard InChI is InChI=1S/C17H19NO2/c1-11-4-9-16(12(2)10-11)17(19)13(3)20-15-7-5-14(18)6-8-15/h4-10,13H,18H2,1-3H3. The number of hydrogen-bond donors (Lipinski definition) is 1. The van der Waals surface area contributed by atoms with Gasteiger partial charge in [-0.25, -0.2) is 0 Å². The Morgan fingerprint density at radius 1 is 1.10 bits per heavy atom. The number of ketones is 1. The molecule has 2 rings (SSSR count). The third-order valence-electron chi connectivity index (χ3n) is 3.21. The predicted molar refractivity (Wildman–Crippen MR) is 81.2 cm³/mol. The molecule has 0 fully saturated rings. The number of nitrogen functional groups attached to an aromatic ring is 1. The number of benzene rings is 2. The predicted octanol–water partition coefficient (Wildman–Crippen LogP) is 3.54. The monoisotopic (exact) mass is 269 g/mol. The van der Waals surface area contributed by atoms with Crippen LogP contribution in [-0.2, 0) is 0 Å². The van der Waals surface area contributed by atoms with Gasteiger partial charge in [-0.2, -0.15) is 0 Å². The number of Topliss-reactive ketones (excluding diaryl/α,β-unsaturated/α-hetero) is 1. The Morgan fingerprint density at radius 3 is 2.35 bits per heavy atom. The van der Waals surface area contributed by atoms with Crippen LogP contribution in [0.5, 0.6) is 5.75 Å². The van der Waals surface area contributed by atoms with E-state index in [9.17, 15) is 4.79 Å². The van der Waals surface area contributed by atoms with Crippen molar-refractivity contribution in [2.24, 2.45) is 0 Å². The van der Waals surface area contributed by atoms with E-state index in [4.69, 9.17) is 10.5 Å². The van der Waals surface area contributed by atoms with Crippen LogP contribution in [0.4, 0.5) is 5.69 Å². The van der Waals surface area contributed by atoms with Crippen molar-refractivity contribution in [2.75, 3.05) is 5.73 Å². The van der Waals surface area contributed by atoms with Gasteiger partial charge in [0, 0.05) is 11.3 Å². The summed E-state index contributed by atoms with van der Waals surface area (Å²) >= 11 is 0. The van der Waals surface area contributed by atoms with E-state index < -0.39 is 6.10 Å². The van der Waals surface area contributed by atoms with Crippen LogP contribution in [0.15, 0.2) is 42.5 Å². The second-order valence-electron chi connectivity index (χ2n) is 5.01. The van der Waals surface area contributed by atoms with E-state index >= 15 is 0 Å². The molecule has 0 saturated heterocycles. The van der Waals surface area contributed by atoms with Gasteiger partial charge in [0.1, 0.15) is 5.75 Å². The van der Waals surface area contributed by atoms with Gasteiger partial charge in [-0.05, 0) is 50.6 Å². The van der Waals surface area contributed by atoms with E-state index in [2.05, 4.69) is 0 Å². The molecule has 1 atom stereocenters. The molecule has 3 nitrogen and oxygen atoms in total. The van der Waals surface area contributed by atoms with Gasteiger partial charge >= 0.3 is 0 Å². The van der Waals surface area contributed by atoms with E-state index in [1.807, 2.05) is 32.0 Å². The zero-order valence-corrected chi connectivity index (χ0v) is 12.0. The molecule has 2 aromatic rings. The lowest BCUT2D eigenvalue weighted by molar-refractivity contribution is 0.0817. The number of aryl methyl sites for hydroxylation is 2. The first-order valence-electron chi connectivity index (χ1n) is 6.61. The molecule has 0 saturated carbocycles. The third-order valence-corrected chi connectivity index (χ3v) is 3.21. The van der Waals surface area contributed by atoms with Gasteiger partial charge in [0.05, 0.1) is 0 Å². The first-order chi connectivity index (χ1) is 9.47. The number of nitrogens with two attached hydrogens (primary N) is 1. The van der Waals surface area contributed by atoms with Crippen molar-refractivity contribution in [3.8, 4) is 5.75 Å². The van der Waals surface area contributed by atoms with Crippen LogP contribution in [0.2, 0.25) is 0 Å². The molecule has 0 amide bonds. The molecule has 0 bridgehead atoms. The van der Waals surface area contributed by atoms with Gasteiger partial charge in [-0.3, -0.25) is 4.79 Å². The maximum Gasteiger partial charge on any atom is 0.203 e. The van der Waals surface area contributed by atoms with Gasteiger partial charge in [-0.1, -0.05) is 23.8 Å². The van der Waals surface area contributed by atoms with Crippen molar-refractivity contribution in [3.05, 3.63) is 59.2 Å². The lowest BCUT2D eigenvalue weighted by atomic mass is 10.00. The quantitative estimate of drug-likeness (QED) is 0.682. The van der Waals surface area contributed by atoms with Crippen LogP contribution in [-0.4, -0.2) is 11.9 Å². The highest BCUT2D eigenvalue weighted by molar-refractivity contribution is 6.00. The maximum atomic E-state index is 12.4.